The number of halogens is 1. The normalized spacial score (nSPS) is 16.2. The van der Waals surface area contributed by atoms with E-state index in [9.17, 15) is 5.26 Å². The Kier molecular flexibility index (Phi) is 5.00. The van der Waals surface area contributed by atoms with Crippen LogP contribution in [0.3, 0.4) is 0 Å². The second-order valence-corrected chi connectivity index (χ2v) is 6.70. The highest BCUT2D eigenvalue weighted by Gasteiger charge is 2.35. The van der Waals surface area contributed by atoms with E-state index in [0.717, 1.165) is 46.3 Å². The molecule has 1 aromatic carbocycles. The Bertz CT molecular complexity index is 866. The van der Waals surface area contributed by atoms with Crippen LogP contribution in [0.1, 0.15) is 42.5 Å². The van der Waals surface area contributed by atoms with Crippen molar-refractivity contribution in [2.75, 3.05) is 7.11 Å². The van der Waals surface area contributed by atoms with Crippen molar-refractivity contribution in [3.05, 3.63) is 50.9 Å². The van der Waals surface area contributed by atoms with Gasteiger partial charge in [-0.2, -0.15) is 5.26 Å². The molecular formula is C18H19BrN4O2. The van der Waals surface area contributed by atoms with E-state index in [4.69, 9.17) is 15.2 Å². The summed E-state index contributed by atoms with van der Waals surface area (Å²) >= 11 is 3.51. The summed E-state index contributed by atoms with van der Waals surface area (Å²) in [6, 6.07) is 7.95. The standard InChI is InChI=1S/C18H19BrN4O2/c1-3-4-5-13-16-15(10-6-7-14(24-2)12(19)8-10)11(9-20)17(21)25-18(16)23-22-13/h6-8,15H,3-5,21H2,1-2H3,(H,22,23). The lowest BCUT2D eigenvalue weighted by atomic mass is 9.83. The molecule has 3 rings (SSSR count). The van der Waals surface area contributed by atoms with Crippen molar-refractivity contribution in [3.63, 3.8) is 0 Å². The Hall–Kier alpha value is -2.46. The summed E-state index contributed by atoms with van der Waals surface area (Å²) in [5, 5.41) is 17.0. The topological polar surface area (TPSA) is 97.0 Å². The van der Waals surface area contributed by atoms with Crippen LogP contribution in [0.5, 0.6) is 11.6 Å². The number of allylic oxidation sites excluding steroid dienone is 1. The number of aromatic amines is 1. The van der Waals surface area contributed by atoms with E-state index in [1.54, 1.807) is 7.11 Å². The first-order valence-corrected chi connectivity index (χ1v) is 8.88. The molecule has 2 heterocycles. The molecule has 1 aliphatic rings. The maximum absolute atomic E-state index is 9.66. The van der Waals surface area contributed by atoms with E-state index in [-0.39, 0.29) is 11.8 Å². The van der Waals surface area contributed by atoms with Crippen molar-refractivity contribution in [1.29, 1.82) is 5.26 Å². The number of benzene rings is 1. The van der Waals surface area contributed by atoms with Crippen molar-refractivity contribution in [2.45, 2.75) is 32.1 Å². The molecule has 6 nitrogen and oxygen atoms in total. The summed E-state index contributed by atoms with van der Waals surface area (Å²) < 4.78 is 11.7. The highest BCUT2D eigenvalue weighted by molar-refractivity contribution is 9.10. The summed E-state index contributed by atoms with van der Waals surface area (Å²) in [6.07, 6.45) is 2.93. The lowest BCUT2D eigenvalue weighted by Crippen LogP contribution is -2.21. The molecule has 3 N–H and O–H groups in total. The number of nitrogens with two attached hydrogens (primary N) is 1. The number of aromatic nitrogens is 2. The number of unbranched alkanes of at least 4 members (excludes halogenated alkanes) is 1. The highest BCUT2D eigenvalue weighted by Crippen LogP contribution is 2.44. The summed E-state index contributed by atoms with van der Waals surface area (Å²) in [5.74, 6) is 0.950. The van der Waals surface area contributed by atoms with Gasteiger partial charge in [-0.15, -0.1) is 5.10 Å². The zero-order chi connectivity index (χ0) is 18.0. The molecule has 0 saturated heterocycles. The van der Waals surface area contributed by atoms with Crippen LogP contribution in [-0.4, -0.2) is 17.3 Å². The summed E-state index contributed by atoms with van der Waals surface area (Å²) in [4.78, 5) is 0. The Labute approximate surface area is 154 Å². The Balaban J connectivity index is 2.14. The number of methoxy groups -OCH3 is 1. The highest BCUT2D eigenvalue weighted by atomic mass is 79.9. The minimum atomic E-state index is -0.318. The number of fused-ring (bicyclic) bond motifs is 1. The third-order valence-corrected chi connectivity index (χ3v) is 4.93. The van der Waals surface area contributed by atoms with Gasteiger partial charge in [-0.05, 0) is 46.5 Å². The molecule has 0 fully saturated rings. The van der Waals surface area contributed by atoms with Gasteiger partial charge in [0, 0.05) is 11.3 Å². The van der Waals surface area contributed by atoms with E-state index in [0.29, 0.717) is 11.5 Å². The third-order valence-electron chi connectivity index (χ3n) is 4.31. The molecule has 2 aromatic rings. The third kappa shape index (κ3) is 3.10. The fourth-order valence-electron chi connectivity index (χ4n) is 3.05. The fraction of sp³-hybridized carbons (Fsp3) is 0.333. The first kappa shape index (κ1) is 17.4. The number of rotatable bonds is 5. The van der Waals surface area contributed by atoms with E-state index < -0.39 is 0 Å². The lowest BCUT2D eigenvalue weighted by Gasteiger charge is -2.24. The largest absolute Gasteiger partial charge is 0.496 e. The van der Waals surface area contributed by atoms with Gasteiger partial charge in [0.25, 0.3) is 0 Å². The van der Waals surface area contributed by atoms with Crippen LogP contribution in [0.15, 0.2) is 34.1 Å². The Morgan fingerprint density at radius 3 is 2.92 bits per heavy atom. The molecule has 1 unspecified atom stereocenters. The molecule has 0 amide bonds. The van der Waals surface area contributed by atoms with Crippen molar-refractivity contribution in [2.24, 2.45) is 5.73 Å². The average Bonchev–Trinajstić information content (AvgIpc) is 3.00. The number of H-pyrrole nitrogens is 1. The molecule has 0 aliphatic carbocycles. The van der Waals surface area contributed by atoms with Crippen molar-refractivity contribution in [1.82, 2.24) is 10.2 Å². The SMILES string of the molecule is CCCCc1[nH]nc2c1C(c1ccc(OC)c(Br)c1)C(C#N)=C(N)O2. The lowest BCUT2D eigenvalue weighted by molar-refractivity contribution is 0.378. The van der Waals surface area contributed by atoms with Crippen molar-refractivity contribution < 1.29 is 9.47 Å². The van der Waals surface area contributed by atoms with Crippen LogP contribution in [-0.2, 0) is 6.42 Å². The van der Waals surface area contributed by atoms with E-state index in [1.165, 1.54) is 0 Å². The minimum Gasteiger partial charge on any atom is -0.496 e. The molecule has 1 aliphatic heterocycles. The smallest absolute Gasteiger partial charge is 0.244 e. The van der Waals surface area contributed by atoms with Gasteiger partial charge in [-0.1, -0.05) is 19.4 Å². The number of hydrogen-bond acceptors (Lipinski definition) is 5. The molecule has 0 bridgehead atoms. The molecule has 0 saturated carbocycles. The number of hydrogen-bond donors (Lipinski definition) is 2. The second-order valence-electron chi connectivity index (χ2n) is 5.84. The maximum Gasteiger partial charge on any atom is 0.244 e. The molecule has 0 spiro atoms. The number of aryl methyl sites for hydroxylation is 1. The van der Waals surface area contributed by atoms with Gasteiger partial charge in [0.1, 0.15) is 17.4 Å². The van der Waals surface area contributed by atoms with Crippen molar-refractivity contribution >= 4 is 15.9 Å². The molecule has 1 atom stereocenters. The summed E-state index contributed by atoms with van der Waals surface area (Å²) in [7, 11) is 1.61. The zero-order valence-corrected chi connectivity index (χ0v) is 15.7. The number of ether oxygens (including phenoxy) is 2. The summed E-state index contributed by atoms with van der Waals surface area (Å²) in [5.41, 5.74) is 9.17. The van der Waals surface area contributed by atoms with Crippen LogP contribution in [0, 0.1) is 11.3 Å². The predicted molar refractivity (Wildman–Crippen MR) is 97.2 cm³/mol. The first-order chi connectivity index (χ1) is 12.1. The van der Waals surface area contributed by atoms with Gasteiger partial charge in [0.2, 0.25) is 11.8 Å². The van der Waals surface area contributed by atoms with Crippen LogP contribution in [0.2, 0.25) is 0 Å². The fourth-order valence-corrected chi connectivity index (χ4v) is 3.61. The molecule has 0 radical (unpaired) electrons. The summed E-state index contributed by atoms with van der Waals surface area (Å²) in [6.45, 7) is 2.13. The van der Waals surface area contributed by atoms with Crippen LogP contribution in [0.25, 0.3) is 0 Å². The van der Waals surface area contributed by atoms with E-state index in [2.05, 4.69) is 39.1 Å². The minimum absolute atomic E-state index is 0.0977. The first-order valence-electron chi connectivity index (χ1n) is 8.08. The van der Waals surface area contributed by atoms with Gasteiger partial charge in [-0.25, -0.2) is 0 Å². The molecule has 130 valence electrons. The van der Waals surface area contributed by atoms with E-state index in [1.807, 2.05) is 18.2 Å². The van der Waals surface area contributed by atoms with E-state index >= 15 is 0 Å². The molecule has 7 heteroatoms. The number of nitrogens with zero attached hydrogens (tertiary/aromatic N) is 2. The number of nitriles is 1. The van der Waals surface area contributed by atoms with Gasteiger partial charge in [-0.3, -0.25) is 5.10 Å². The van der Waals surface area contributed by atoms with Gasteiger partial charge in [0.15, 0.2) is 0 Å². The molecular weight excluding hydrogens is 384 g/mol. The maximum atomic E-state index is 9.66. The monoisotopic (exact) mass is 402 g/mol. The molecule has 1 aromatic heterocycles. The van der Waals surface area contributed by atoms with Crippen LogP contribution < -0.4 is 15.2 Å². The van der Waals surface area contributed by atoms with Gasteiger partial charge in [0.05, 0.1) is 17.5 Å². The number of nitrogens with one attached hydrogen (secondary N) is 1. The quantitative estimate of drug-likeness (QED) is 0.793. The Morgan fingerprint density at radius 2 is 2.28 bits per heavy atom. The molecule has 25 heavy (non-hydrogen) atoms. The second kappa shape index (κ2) is 7.19. The van der Waals surface area contributed by atoms with Gasteiger partial charge < -0.3 is 15.2 Å². The van der Waals surface area contributed by atoms with Gasteiger partial charge >= 0.3 is 0 Å². The zero-order valence-electron chi connectivity index (χ0n) is 14.1. The van der Waals surface area contributed by atoms with Crippen molar-refractivity contribution in [3.8, 4) is 17.7 Å². The average molecular weight is 403 g/mol. The predicted octanol–water partition coefficient (Wildman–Crippen LogP) is 3.74. The Morgan fingerprint density at radius 1 is 1.48 bits per heavy atom. The van der Waals surface area contributed by atoms with Crippen LogP contribution in [0.4, 0.5) is 0 Å². The van der Waals surface area contributed by atoms with Crippen LogP contribution >= 0.6 is 15.9 Å².